The van der Waals surface area contributed by atoms with Gasteiger partial charge in [0.05, 0.1) is 11.4 Å². The number of rotatable bonds is 3. The van der Waals surface area contributed by atoms with Gasteiger partial charge < -0.3 is 10.7 Å². The fourth-order valence-electron chi connectivity index (χ4n) is 1.79. The summed E-state index contributed by atoms with van der Waals surface area (Å²) in [5.74, 6) is 1.30. The molecule has 2 aromatic rings. The number of aromatic nitrogens is 2. The van der Waals surface area contributed by atoms with Gasteiger partial charge in [0.2, 0.25) is 0 Å². The van der Waals surface area contributed by atoms with Gasteiger partial charge in [-0.25, -0.2) is 4.98 Å². The molecule has 0 fully saturated rings. The smallest absolute Gasteiger partial charge is 0.137 e. The summed E-state index contributed by atoms with van der Waals surface area (Å²) in [6.45, 7) is 4.77. The van der Waals surface area contributed by atoms with E-state index in [-0.39, 0.29) is 0 Å². The molecule has 0 radical (unpaired) electrons. The van der Waals surface area contributed by atoms with Crippen molar-refractivity contribution in [2.24, 2.45) is 5.73 Å². The first-order valence-electron chi connectivity index (χ1n) is 5.56. The number of hydrogen-bond donors (Lipinski definition) is 2. The Bertz CT molecular complexity index is 457. The van der Waals surface area contributed by atoms with Crippen LogP contribution in [0.5, 0.6) is 0 Å². The van der Waals surface area contributed by atoms with E-state index < -0.39 is 0 Å². The Balaban J connectivity index is 2.44. The molecule has 0 aliphatic rings. The van der Waals surface area contributed by atoms with Gasteiger partial charge in [-0.1, -0.05) is 44.2 Å². The Kier molecular flexibility index (Phi) is 3.06. The van der Waals surface area contributed by atoms with Crippen LogP contribution in [-0.2, 0) is 6.54 Å². The third kappa shape index (κ3) is 1.99. The standard InChI is InChI=1S/C13H17N3/c1-9(2)12-11(8-14)15-13(16-12)10-6-4-3-5-7-10/h3-7,9H,8,14H2,1-2H3,(H,15,16). The van der Waals surface area contributed by atoms with Crippen molar-refractivity contribution in [3.63, 3.8) is 0 Å². The predicted octanol–water partition coefficient (Wildman–Crippen LogP) is 2.66. The largest absolute Gasteiger partial charge is 0.341 e. The molecule has 0 atom stereocenters. The van der Waals surface area contributed by atoms with Crippen molar-refractivity contribution >= 4 is 0 Å². The Morgan fingerprint density at radius 3 is 2.44 bits per heavy atom. The summed E-state index contributed by atoms with van der Waals surface area (Å²) in [4.78, 5) is 7.91. The van der Waals surface area contributed by atoms with Gasteiger partial charge in [-0.2, -0.15) is 0 Å². The summed E-state index contributed by atoms with van der Waals surface area (Å²) < 4.78 is 0. The van der Waals surface area contributed by atoms with Crippen molar-refractivity contribution in [1.29, 1.82) is 0 Å². The van der Waals surface area contributed by atoms with Crippen LogP contribution < -0.4 is 5.73 Å². The zero-order chi connectivity index (χ0) is 11.5. The maximum absolute atomic E-state index is 5.71. The van der Waals surface area contributed by atoms with Crippen LogP contribution in [-0.4, -0.2) is 9.97 Å². The minimum Gasteiger partial charge on any atom is -0.341 e. The van der Waals surface area contributed by atoms with Gasteiger partial charge in [0, 0.05) is 12.1 Å². The average molecular weight is 215 g/mol. The first-order valence-corrected chi connectivity index (χ1v) is 5.56. The highest BCUT2D eigenvalue weighted by Gasteiger charge is 2.12. The molecular weight excluding hydrogens is 198 g/mol. The molecule has 0 saturated carbocycles. The van der Waals surface area contributed by atoms with E-state index in [1.165, 1.54) is 0 Å². The summed E-state index contributed by atoms with van der Waals surface area (Å²) in [5.41, 5.74) is 8.92. The van der Waals surface area contributed by atoms with Crippen LogP contribution in [0.25, 0.3) is 11.4 Å². The number of H-pyrrole nitrogens is 1. The van der Waals surface area contributed by atoms with Gasteiger partial charge in [-0.3, -0.25) is 0 Å². The second kappa shape index (κ2) is 4.49. The minimum absolute atomic E-state index is 0.396. The number of imidazole rings is 1. The maximum Gasteiger partial charge on any atom is 0.137 e. The average Bonchev–Trinajstić information content (AvgIpc) is 2.74. The normalized spacial score (nSPS) is 11.0. The fourth-order valence-corrected chi connectivity index (χ4v) is 1.79. The highest BCUT2D eigenvalue weighted by molar-refractivity contribution is 5.55. The summed E-state index contributed by atoms with van der Waals surface area (Å²) in [6.07, 6.45) is 0. The molecule has 0 aliphatic carbocycles. The summed E-state index contributed by atoms with van der Waals surface area (Å²) in [5, 5.41) is 0. The Morgan fingerprint density at radius 2 is 1.94 bits per heavy atom. The second-order valence-corrected chi connectivity index (χ2v) is 4.17. The van der Waals surface area contributed by atoms with E-state index in [1.54, 1.807) is 0 Å². The number of nitrogens with zero attached hydrogens (tertiary/aromatic N) is 1. The summed E-state index contributed by atoms with van der Waals surface area (Å²) in [6, 6.07) is 10.1. The lowest BCUT2D eigenvalue weighted by atomic mass is 10.1. The molecule has 1 heterocycles. The molecule has 1 aromatic carbocycles. The van der Waals surface area contributed by atoms with Gasteiger partial charge in [0.25, 0.3) is 0 Å². The molecule has 0 aliphatic heterocycles. The van der Waals surface area contributed by atoms with Crippen LogP contribution in [0, 0.1) is 0 Å². The van der Waals surface area contributed by atoms with Gasteiger partial charge >= 0.3 is 0 Å². The van der Waals surface area contributed by atoms with Crippen LogP contribution in [0.2, 0.25) is 0 Å². The van der Waals surface area contributed by atoms with Crippen molar-refractivity contribution in [2.45, 2.75) is 26.3 Å². The Hall–Kier alpha value is -1.61. The van der Waals surface area contributed by atoms with Gasteiger partial charge in [-0.15, -0.1) is 0 Å². The number of benzene rings is 1. The van der Waals surface area contributed by atoms with Crippen molar-refractivity contribution in [3.05, 3.63) is 41.7 Å². The van der Waals surface area contributed by atoms with E-state index in [2.05, 4.69) is 23.8 Å². The van der Waals surface area contributed by atoms with E-state index >= 15 is 0 Å². The molecule has 84 valence electrons. The van der Waals surface area contributed by atoms with Crippen LogP contribution in [0.15, 0.2) is 30.3 Å². The number of aromatic amines is 1. The first kappa shape index (κ1) is 10.9. The molecule has 0 spiro atoms. The molecule has 1 aromatic heterocycles. The van der Waals surface area contributed by atoms with Crippen LogP contribution in [0.3, 0.4) is 0 Å². The van der Waals surface area contributed by atoms with Crippen molar-refractivity contribution in [3.8, 4) is 11.4 Å². The molecular formula is C13H17N3. The zero-order valence-electron chi connectivity index (χ0n) is 9.70. The van der Waals surface area contributed by atoms with Crippen LogP contribution in [0.4, 0.5) is 0 Å². The lowest BCUT2D eigenvalue weighted by Gasteiger charge is -2.01. The Morgan fingerprint density at radius 1 is 1.25 bits per heavy atom. The highest BCUT2D eigenvalue weighted by atomic mass is 15.0. The minimum atomic E-state index is 0.396. The highest BCUT2D eigenvalue weighted by Crippen LogP contribution is 2.22. The van der Waals surface area contributed by atoms with E-state index in [1.807, 2.05) is 30.3 Å². The van der Waals surface area contributed by atoms with Crippen molar-refractivity contribution in [2.75, 3.05) is 0 Å². The molecule has 0 unspecified atom stereocenters. The van der Waals surface area contributed by atoms with E-state index in [4.69, 9.17) is 5.73 Å². The number of nitrogens with one attached hydrogen (secondary N) is 1. The van der Waals surface area contributed by atoms with Gasteiger partial charge in [0.1, 0.15) is 5.82 Å². The molecule has 2 rings (SSSR count). The monoisotopic (exact) mass is 215 g/mol. The van der Waals surface area contributed by atoms with E-state index in [9.17, 15) is 0 Å². The molecule has 3 heteroatoms. The lowest BCUT2D eigenvalue weighted by molar-refractivity contribution is 0.806. The number of hydrogen-bond acceptors (Lipinski definition) is 2. The third-order valence-corrected chi connectivity index (χ3v) is 2.61. The first-order chi connectivity index (χ1) is 7.72. The molecule has 16 heavy (non-hydrogen) atoms. The number of nitrogens with two attached hydrogens (primary N) is 1. The second-order valence-electron chi connectivity index (χ2n) is 4.17. The molecule has 0 saturated heterocycles. The summed E-state index contributed by atoms with van der Waals surface area (Å²) >= 11 is 0. The van der Waals surface area contributed by atoms with Crippen LogP contribution >= 0.6 is 0 Å². The van der Waals surface area contributed by atoms with Crippen molar-refractivity contribution in [1.82, 2.24) is 9.97 Å². The quantitative estimate of drug-likeness (QED) is 0.827. The topological polar surface area (TPSA) is 54.7 Å². The van der Waals surface area contributed by atoms with Crippen LogP contribution in [0.1, 0.15) is 31.2 Å². The maximum atomic E-state index is 5.71. The summed E-state index contributed by atoms with van der Waals surface area (Å²) in [7, 11) is 0. The zero-order valence-corrected chi connectivity index (χ0v) is 9.70. The lowest BCUT2D eigenvalue weighted by Crippen LogP contribution is -2.02. The van der Waals surface area contributed by atoms with E-state index in [0.29, 0.717) is 12.5 Å². The van der Waals surface area contributed by atoms with E-state index in [0.717, 1.165) is 22.8 Å². The molecule has 0 amide bonds. The van der Waals surface area contributed by atoms with Gasteiger partial charge in [-0.05, 0) is 5.92 Å². The SMILES string of the molecule is CC(C)c1nc(-c2ccccc2)[nH]c1CN. The Labute approximate surface area is 95.7 Å². The third-order valence-electron chi connectivity index (χ3n) is 2.61. The fraction of sp³-hybridized carbons (Fsp3) is 0.308. The molecule has 0 bridgehead atoms. The molecule has 3 nitrogen and oxygen atoms in total. The van der Waals surface area contributed by atoms with Crippen molar-refractivity contribution < 1.29 is 0 Å². The predicted molar refractivity (Wildman–Crippen MR) is 66.0 cm³/mol. The molecule has 3 N–H and O–H groups in total. The van der Waals surface area contributed by atoms with Gasteiger partial charge in [0.15, 0.2) is 0 Å².